The number of aryl methyl sites for hydroxylation is 1. The first-order valence-electron chi connectivity index (χ1n) is 2.95. The van der Waals surface area contributed by atoms with E-state index in [1.165, 1.54) is 0 Å². The van der Waals surface area contributed by atoms with Crippen LogP contribution < -0.4 is 0 Å². The van der Waals surface area contributed by atoms with E-state index in [0.29, 0.717) is 0 Å². The number of aromatic nitrogens is 2. The molecule has 0 fully saturated rings. The van der Waals surface area contributed by atoms with E-state index in [1.54, 1.807) is 12.5 Å². The molecular weight excluding hydrogens is 132 g/mol. The highest BCUT2D eigenvalue weighted by atomic mass is 16.3. The molecule has 0 saturated carbocycles. The molecule has 0 amide bonds. The molecule has 0 aromatic carbocycles. The van der Waals surface area contributed by atoms with Gasteiger partial charge in [0.15, 0.2) is 0 Å². The minimum atomic E-state index is -0.125. The molecule has 0 saturated heterocycles. The van der Waals surface area contributed by atoms with E-state index in [1.807, 2.05) is 17.8 Å². The van der Waals surface area contributed by atoms with Crippen LogP contribution in [-0.2, 0) is 7.05 Å². The first-order valence-corrected chi connectivity index (χ1v) is 2.95. The van der Waals surface area contributed by atoms with Gasteiger partial charge in [0.25, 0.3) is 0 Å². The summed E-state index contributed by atoms with van der Waals surface area (Å²) in [7, 11) is 1.94. The van der Waals surface area contributed by atoms with Gasteiger partial charge in [0.2, 0.25) is 0 Å². The van der Waals surface area contributed by atoms with E-state index in [2.05, 4.69) is 4.98 Å². The van der Waals surface area contributed by atoms with Crippen molar-refractivity contribution in [3.63, 3.8) is 0 Å². The topological polar surface area (TPSA) is 58.3 Å². The number of aliphatic hydroxyl groups excluding tert-OH is 2. The average molecular weight is 144 g/mol. The number of aliphatic hydroxyl groups is 2. The van der Waals surface area contributed by atoms with Gasteiger partial charge < -0.3 is 14.8 Å². The number of imidazole rings is 1. The second-order valence-corrected chi connectivity index (χ2v) is 1.68. The molecule has 10 heavy (non-hydrogen) atoms. The van der Waals surface area contributed by atoms with Gasteiger partial charge in [0.1, 0.15) is 0 Å². The number of nitrogens with zero attached hydrogens (tertiary/aromatic N) is 2. The molecule has 4 heteroatoms. The van der Waals surface area contributed by atoms with Crippen LogP contribution in [0.15, 0.2) is 18.7 Å². The maximum atomic E-state index is 7.62. The molecule has 0 aliphatic rings. The minimum Gasteiger partial charge on any atom is -0.394 e. The highest BCUT2D eigenvalue weighted by Crippen LogP contribution is 1.73. The van der Waals surface area contributed by atoms with Crippen LogP contribution in [0.2, 0.25) is 0 Å². The van der Waals surface area contributed by atoms with E-state index < -0.39 is 0 Å². The lowest BCUT2D eigenvalue weighted by atomic mass is 10.8. The van der Waals surface area contributed by atoms with Crippen molar-refractivity contribution < 1.29 is 10.2 Å². The third-order valence-corrected chi connectivity index (χ3v) is 0.737. The van der Waals surface area contributed by atoms with Crippen LogP contribution in [0.1, 0.15) is 0 Å². The first-order chi connectivity index (χ1) is 4.81. The van der Waals surface area contributed by atoms with Crippen LogP contribution in [0.3, 0.4) is 0 Å². The fourth-order valence-corrected chi connectivity index (χ4v) is 0.326. The Bertz CT molecular complexity index is 137. The van der Waals surface area contributed by atoms with Gasteiger partial charge in [0, 0.05) is 19.4 Å². The third-order valence-electron chi connectivity index (χ3n) is 0.737. The summed E-state index contributed by atoms with van der Waals surface area (Å²) in [6.45, 7) is -0.250. The maximum absolute atomic E-state index is 7.62. The van der Waals surface area contributed by atoms with Gasteiger partial charge in [-0.1, -0.05) is 0 Å². The molecular formula is C6H12N2O2. The summed E-state index contributed by atoms with van der Waals surface area (Å²) in [6, 6.07) is 0. The molecule has 4 nitrogen and oxygen atoms in total. The van der Waals surface area contributed by atoms with E-state index in [0.717, 1.165) is 0 Å². The molecule has 0 aliphatic heterocycles. The van der Waals surface area contributed by atoms with Gasteiger partial charge in [-0.2, -0.15) is 0 Å². The number of rotatable bonds is 1. The Morgan fingerprint density at radius 3 is 2.10 bits per heavy atom. The number of hydrogen-bond donors (Lipinski definition) is 2. The van der Waals surface area contributed by atoms with Crippen LogP contribution in [0.5, 0.6) is 0 Å². The van der Waals surface area contributed by atoms with Crippen LogP contribution >= 0.6 is 0 Å². The first kappa shape index (κ1) is 9.13. The zero-order valence-corrected chi connectivity index (χ0v) is 5.94. The van der Waals surface area contributed by atoms with Crippen molar-refractivity contribution in [2.45, 2.75) is 0 Å². The summed E-state index contributed by atoms with van der Waals surface area (Å²) in [5.74, 6) is 0. The van der Waals surface area contributed by atoms with Crippen LogP contribution in [0.4, 0.5) is 0 Å². The quantitative estimate of drug-likeness (QED) is 0.553. The summed E-state index contributed by atoms with van der Waals surface area (Å²) in [4.78, 5) is 3.78. The van der Waals surface area contributed by atoms with E-state index in [9.17, 15) is 0 Å². The average Bonchev–Trinajstić information content (AvgIpc) is 2.40. The van der Waals surface area contributed by atoms with Crippen molar-refractivity contribution in [3.8, 4) is 0 Å². The lowest BCUT2D eigenvalue weighted by Gasteiger charge is -1.76. The molecule has 0 bridgehead atoms. The predicted molar refractivity (Wildman–Crippen MR) is 37.4 cm³/mol. The fraction of sp³-hybridized carbons (Fsp3) is 0.500. The summed E-state index contributed by atoms with van der Waals surface area (Å²) >= 11 is 0. The van der Waals surface area contributed by atoms with Gasteiger partial charge in [-0.3, -0.25) is 0 Å². The molecule has 1 rings (SSSR count). The molecule has 0 unspecified atom stereocenters. The SMILES string of the molecule is Cn1ccnc1.OCCO. The van der Waals surface area contributed by atoms with Crippen molar-refractivity contribution in [1.29, 1.82) is 0 Å². The van der Waals surface area contributed by atoms with Gasteiger partial charge in [0.05, 0.1) is 19.5 Å². The van der Waals surface area contributed by atoms with Crippen LogP contribution in [0, 0.1) is 0 Å². The smallest absolute Gasteiger partial charge is 0.0943 e. The largest absolute Gasteiger partial charge is 0.394 e. The van der Waals surface area contributed by atoms with E-state index in [-0.39, 0.29) is 13.2 Å². The Morgan fingerprint density at radius 2 is 2.00 bits per heavy atom. The lowest BCUT2D eigenvalue weighted by Crippen LogP contribution is -1.85. The molecule has 1 aromatic rings. The third kappa shape index (κ3) is 5.27. The normalized spacial score (nSPS) is 8.30. The second-order valence-electron chi connectivity index (χ2n) is 1.68. The zero-order valence-electron chi connectivity index (χ0n) is 5.94. The van der Waals surface area contributed by atoms with Crippen molar-refractivity contribution in [1.82, 2.24) is 9.55 Å². The van der Waals surface area contributed by atoms with Crippen LogP contribution in [0.25, 0.3) is 0 Å². The Kier molecular flexibility index (Phi) is 5.71. The van der Waals surface area contributed by atoms with Gasteiger partial charge in [-0.05, 0) is 0 Å². The van der Waals surface area contributed by atoms with Gasteiger partial charge in [-0.15, -0.1) is 0 Å². The predicted octanol–water partition coefficient (Wildman–Crippen LogP) is -0.609. The molecule has 1 aromatic heterocycles. The zero-order chi connectivity index (χ0) is 7.82. The van der Waals surface area contributed by atoms with Crippen LogP contribution in [-0.4, -0.2) is 33.0 Å². The Balaban J connectivity index is 0.000000180. The highest BCUT2D eigenvalue weighted by molar-refractivity contribution is 4.70. The monoisotopic (exact) mass is 144 g/mol. The molecule has 0 radical (unpaired) electrons. The molecule has 58 valence electrons. The summed E-state index contributed by atoms with van der Waals surface area (Å²) in [5.41, 5.74) is 0. The highest BCUT2D eigenvalue weighted by Gasteiger charge is 1.69. The molecule has 0 spiro atoms. The lowest BCUT2D eigenvalue weighted by molar-refractivity contribution is 0.186. The maximum Gasteiger partial charge on any atom is 0.0943 e. The van der Waals surface area contributed by atoms with E-state index >= 15 is 0 Å². The van der Waals surface area contributed by atoms with Crippen molar-refractivity contribution >= 4 is 0 Å². The fourth-order valence-electron chi connectivity index (χ4n) is 0.326. The minimum absolute atomic E-state index is 0.125. The molecule has 0 aliphatic carbocycles. The summed E-state index contributed by atoms with van der Waals surface area (Å²) in [6.07, 6.45) is 5.39. The Hall–Kier alpha value is -0.870. The molecule has 2 N–H and O–H groups in total. The van der Waals surface area contributed by atoms with Crippen molar-refractivity contribution in [3.05, 3.63) is 18.7 Å². The van der Waals surface area contributed by atoms with Crippen molar-refractivity contribution in [2.24, 2.45) is 7.05 Å². The van der Waals surface area contributed by atoms with E-state index in [4.69, 9.17) is 10.2 Å². The molecule has 1 heterocycles. The van der Waals surface area contributed by atoms with Crippen molar-refractivity contribution in [2.75, 3.05) is 13.2 Å². The standard InChI is InChI=1S/C4H6N2.C2H6O2/c1-6-3-2-5-4-6;3-1-2-4/h2-4H,1H3;3-4H,1-2H2. The Labute approximate surface area is 59.8 Å². The summed E-state index contributed by atoms with van der Waals surface area (Å²) in [5, 5.41) is 15.2. The Morgan fingerprint density at radius 1 is 1.40 bits per heavy atom. The number of hydrogen-bond acceptors (Lipinski definition) is 3. The van der Waals surface area contributed by atoms with Gasteiger partial charge in [-0.25, -0.2) is 4.98 Å². The summed E-state index contributed by atoms with van der Waals surface area (Å²) < 4.78 is 1.89. The molecule has 0 atom stereocenters. The van der Waals surface area contributed by atoms with Gasteiger partial charge >= 0.3 is 0 Å². The second kappa shape index (κ2) is 6.25.